The van der Waals surface area contributed by atoms with Gasteiger partial charge in [0.25, 0.3) is 0 Å². The van der Waals surface area contributed by atoms with E-state index in [-0.39, 0.29) is 0 Å². The van der Waals surface area contributed by atoms with Gasteiger partial charge in [0.2, 0.25) is 0 Å². The van der Waals surface area contributed by atoms with Crippen molar-refractivity contribution in [2.75, 3.05) is 0 Å². The summed E-state index contributed by atoms with van der Waals surface area (Å²) in [5.41, 5.74) is 1.12. The topological polar surface area (TPSA) is 22.0 Å². The number of benzene rings is 1. The summed E-state index contributed by atoms with van der Waals surface area (Å²) < 4.78 is 1.93. The Morgan fingerprint density at radius 2 is 2.08 bits per heavy atom. The lowest BCUT2D eigenvalue weighted by Crippen LogP contribution is -1.95. The molecule has 0 aliphatic carbocycles. The van der Waals surface area contributed by atoms with Crippen LogP contribution in [0.25, 0.3) is 10.9 Å². The molecule has 0 bridgehead atoms. The fourth-order valence-corrected chi connectivity index (χ4v) is 1.38. The third-order valence-corrected chi connectivity index (χ3v) is 1.95. The Bertz CT molecular complexity index is 403. The predicted molar refractivity (Wildman–Crippen MR) is 48.0 cm³/mol. The maximum atomic E-state index is 10.3. The highest BCUT2D eigenvalue weighted by Crippen LogP contribution is 2.13. The molecule has 0 unspecified atom stereocenters. The summed E-state index contributed by atoms with van der Waals surface area (Å²) in [6.07, 6.45) is 2.84. The molecular formula is C10H9NO. The average Bonchev–Trinajstić information content (AvgIpc) is 2.50. The van der Waals surface area contributed by atoms with Gasteiger partial charge < -0.3 is 9.36 Å². The van der Waals surface area contributed by atoms with Crippen molar-refractivity contribution in [2.24, 2.45) is 0 Å². The summed E-state index contributed by atoms with van der Waals surface area (Å²) in [6, 6.07) is 10.0. The number of aldehydes is 1. The van der Waals surface area contributed by atoms with E-state index < -0.39 is 0 Å². The monoisotopic (exact) mass is 159 g/mol. The molecule has 0 amide bonds. The maximum Gasteiger partial charge on any atom is 0.139 e. The first-order valence-electron chi connectivity index (χ1n) is 3.89. The molecule has 0 saturated heterocycles. The molecule has 2 nitrogen and oxygen atoms in total. The second-order valence-electron chi connectivity index (χ2n) is 2.69. The Kier molecular flexibility index (Phi) is 1.67. The Balaban J connectivity index is 2.62. The van der Waals surface area contributed by atoms with Crippen LogP contribution in [0.3, 0.4) is 0 Å². The number of carbonyl (C=O) groups excluding carboxylic acids is 1. The summed E-state index contributed by atoms with van der Waals surface area (Å²) in [5, 5.41) is 1.18. The second kappa shape index (κ2) is 2.81. The van der Waals surface area contributed by atoms with Crippen LogP contribution in [0.1, 0.15) is 0 Å². The van der Waals surface area contributed by atoms with E-state index in [4.69, 9.17) is 0 Å². The standard InChI is InChI=1S/C10H9NO/c12-8-7-11-6-5-9-3-1-2-4-10(9)11/h1-6,8H,7H2. The number of para-hydroxylation sites is 1. The smallest absolute Gasteiger partial charge is 0.139 e. The lowest BCUT2D eigenvalue weighted by atomic mass is 10.2. The van der Waals surface area contributed by atoms with Gasteiger partial charge in [-0.25, -0.2) is 0 Å². The van der Waals surface area contributed by atoms with Crippen LogP contribution in [0.15, 0.2) is 36.5 Å². The molecule has 2 aromatic rings. The first kappa shape index (κ1) is 7.10. The van der Waals surface area contributed by atoms with Gasteiger partial charge in [-0.2, -0.15) is 0 Å². The molecule has 0 aliphatic heterocycles. The van der Waals surface area contributed by atoms with E-state index >= 15 is 0 Å². The van der Waals surface area contributed by atoms with Crippen molar-refractivity contribution in [2.45, 2.75) is 6.54 Å². The van der Waals surface area contributed by atoms with Crippen molar-refractivity contribution >= 4 is 17.2 Å². The molecule has 0 aliphatic rings. The molecule has 1 aromatic heterocycles. The quantitative estimate of drug-likeness (QED) is 0.613. The number of hydrogen-bond donors (Lipinski definition) is 0. The van der Waals surface area contributed by atoms with Crippen LogP contribution < -0.4 is 0 Å². The number of aromatic nitrogens is 1. The lowest BCUT2D eigenvalue weighted by Gasteiger charge is -1.97. The molecular weight excluding hydrogens is 150 g/mol. The zero-order valence-corrected chi connectivity index (χ0v) is 6.60. The number of rotatable bonds is 2. The molecule has 60 valence electrons. The van der Waals surface area contributed by atoms with E-state index in [0.717, 1.165) is 11.8 Å². The number of fused-ring (bicyclic) bond motifs is 1. The van der Waals surface area contributed by atoms with E-state index in [1.807, 2.05) is 41.1 Å². The van der Waals surface area contributed by atoms with Crippen molar-refractivity contribution in [3.63, 3.8) is 0 Å². The maximum absolute atomic E-state index is 10.3. The van der Waals surface area contributed by atoms with Crippen molar-refractivity contribution in [3.8, 4) is 0 Å². The predicted octanol–water partition coefficient (Wildman–Crippen LogP) is 1.84. The fourth-order valence-electron chi connectivity index (χ4n) is 1.38. The normalized spacial score (nSPS) is 10.3. The Morgan fingerprint density at radius 3 is 2.92 bits per heavy atom. The largest absolute Gasteiger partial charge is 0.340 e. The third-order valence-electron chi connectivity index (χ3n) is 1.95. The minimum absolute atomic E-state index is 0.438. The van der Waals surface area contributed by atoms with Gasteiger partial charge in [-0.15, -0.1) is 0 Å². The van der Waals surface area contributed by atoms with Crippen LogP contribution in [0.4, 0.5) is 0 Å². The lowest BCUT2D eigenvalue weighted by molar-refractivity contribution is -0.108. The summed E-state index contributed by atoms with van der Waals surface area (Å²) in [4.78, 5) is 10.3. The molecule has 0 spiro atoms. The van der Waals surface area contributed by atoms with Crippen molar-refractivity contribution in [1.29, 1.82) is 0 Å². The molecule has 2 rings (SSSR count). The molecule has 0 N–H and O–H groups in total. The highest BCUT2D eigenvalue weighted by Gasteiger charge is 1.96. The molecule has 0 atom stereocenters. The Labute approximate surface area is 70.4 Å². The van der Waals surface area contributed by atoms with Gasteiger partial charge in [0.1, 0.15) is 6.29 Å². The molecule has 0 saturated carbocycles. The van der Waals surface area contributed by atoms with E-state index in [0.29, 0.717) is 6.54 Å². The van der Waals surface area contributed by atoms with Crippen molar-refractivity contribution in [1.82, 2.24) is 4.57 Å². The minimum Gasteiger partial charge on any atom is -0.340 e. The molecule has 1 aromatic carbocycles. The zero-order valence-electron chi connectivity index (χ0n) is 6.60. The van der Waals surface area contributed by atoms with Gasteiger partial charge in [-0.05, 0) is 17.5 Å². The van der Waals surface area contributed by atoms with E-state index in [1.165, 1.54) is 5.39 Å². The summed E-state index contributed by atoms with van der Waals surface area (Å²) in [7, 11) is 0. The van der Waals surface area contributed by atoms with Gasteiger partial charge in [0.15, 0.2) is 0 Å². The van der Waals surface area contributed by atoms with Crippen LogP contribution in [-0.2, 0) is 11.3 Å². The van der Waals surface area contributed by atoms with Gasteiger partial charge in [0, 0.05) is 11.7 Å². The first-order valence-corrected chi connectivity index (χ1v) is 3.89. The fraction of sp³-hybridized carbons (Fsp3) is 0.100. The number of nitrogens with zero attached hydrogens (tertiary/aromatic N) is 1. The van der Waals surface area contributed by atoms with Gasteiger partial charge in [-0.1, -0.05) is 18.2 Å². The molecule has 0 fully saturated rings. The van der Waals surface area contributed by atoms with Crippen LogP contribution >= 0.6 is 0 Å². The van der Waals surface area contributed by atoms with Gasteiger partial charge in [-0.3, -0.25) is 0 Å². The molecule has 0 radical (unpaired) electrons. The summed E-state index contributed by atoms with van der Waals surface area (Å²) in [6.45, 7) is 0.438. The SMILES string of the molecule is O=CCn1ccc2ccccc21. The van der Waals surface area contributed by atoms with Crippen LogP contribution in [-0.4, -0.2) is 10.9 Å². The highest BCUT2D eigenvalue weighted by atomic mass is 16.1. The molecule has 2 heteroatoms. The Morgan fingerprint density at radius 1 is 1.25 bits per heavy atom. The highest BCUT2D eigenvalue weighted by molar-refractivity contribution is 5.80. The minimum atomic E-state index is 0.438. The van der Waals surface area contributed by atoms with Crippen LogP contribution in [0, 0.1) is 0 Å². The first-order chi connectivity index (χ1) is 5.92. The van der Waals surface area contributed by atoms with E-state index in [2.05, 4.69) is 0 Å². The van der Waals surface area contributed by atoms with Crippen molar-refractivity contribution in [3.05, 3.63) is 36.5 Å². The molecule has 1 heterocycles. The molecule has 12 heavy (non-hydrogen) atoms. The van der Waals surface area contributed by atoms with Gasteiger partial charge in [0.05, 0.1) is 6.54 Å². The van der Waals surface area contributed by atoms with Gasteiger partial charge >= 0.3 is 0 Å². The van der Waals surface area contributed by atoms with Crippen LogP contribution in [0.5, 0.6) is 0 Å². The van der Waals surface area contributed by atoms with Crippen LogP contribution in [0.2, 0.25) is 0 Å². The second-order valence-corrected chi connectivity index (χ2v) is 2.69. The van der Waals surface area contributed by atoms with E-state index in [9.17, 15) is 4.79 Å². The Hall–Kier alpha value is -1.57. The summed E-state index contributed by atoms with van der Waals surface area (Å²) >= 11 is 0. The number of carbonyl (C=O) groups is 1. The zero-order chi connectivity index (χ0) is 8.39. The number of hydrogen-bond acceptors (Lipinski definition) is 1. The van der Waals surface area contributed by atoms with E-state index in [1.54, 1.807) is 0 Å². The average molecular weight is 159 g/mol. The third kappa shape index (κ3) is 1.01. The van der Waals surface area contributed by atoms with Crippen molar-refractivity contribution < 1.29 is 4.79 Å². The summed E-state index contributed by atoms with van der Waals surface area (Å²) in [5.74, 6) is 0.